The van der Waals surface area contributed by atoms with Gasteiger partial charge in [0.05, 0.1) is 13.2 Å². The second-order valence-electron chi connectivity index (χ2n) is 7.33. The summed E-state index contributed by atoms with van der Waals surface area (Å²) in [6.45, 7) is 13.8. The first kappa shape index (κ1) is 20.0. The van der Waals surface area contributed by atoms with Gasteiger partial charge in [-0.1, -0.05) is 59.6 Å². The third kappa shape index (κ3) is 4.47. The van der Waals surface area contributed by atoms with E-state index in [4.69, 9.17) is 0 Å². The SMILES string of the molecule is CC(C)[Si](C#Cc1ccc(C(CO)CO)cc1)(C(C)C)C(C)C. The van der Waals surface area contributed by atoms with E-state index in [2.05, 4.69) is 53.0 Å². The molecule has 0 aliphatic carbocycles. The summed E-state index contributed by atoms with van der Waals surface area (Å²) in [6.07, 6.45) is 0. The monoisotopic (exact) mass is 332 g/mol. The third-order valence-corrected chi connectivity index (χ3v) is 11.4. The Morgan fingerprint density at radius 1 is 0.826 bits per heavy atom. The lowest BCUT2D eigenvalue weighted by atomic mass is 10.00. The van der Waals surface area contributed by atoms with Crippen LogP contribution in [0.4, 0.5) is 0 Å². The molecular formula is C20H32O2Si. The van der Waals surface area contributed by atoms with Crippen molar-refractivity contribution in [1.82, 2.24) is 0 Å². The predicted molar refractivity (Wildman–Crippen MR) is 101 cm³/mol. The number of aliphatic hydroxyl groups excluding tert-OH is 2. The van der Waals surface area contributed by atoms with Gasteiger partial charge in [-0.15, -0.1) is 5.54 Å². The van der Waals surface area contributed by atoms with Crippen LogP contribution in [0.15, 0.2) is 24.3 Å². The summed E-state index contributed by atoms with van der Waals surface area (Å²) in [7, 11) is -1.70. The molecule has 0 spiro atoms. The second-order valence-corrected chi connectivity index (χ2v) is 12.9. The van der Waals surface area contributed by atoms with Crippen molar-refractivity contribution in [1.29, 1.82) is 0 Å². The van der Waals surface area contributed by atoms with Crippen molar-refractivity contribution < 1.29 is 10.2 Å². The molecule has 0 aliphatic heterocycles. The van der Waals surface area contributed by atoms with Gasteiger partial charge in [0.1, 0.15) is 8.07 Å². The summed E-state index contributed by atoms with van der Waals surface area (Å²) in [5, 5.41) is 18.5. The van der Waals surface area contributed by atoms with Gasteiger partial charge in [-0.25, -0.2) is 0 Å². The maximum atomic E-state index is 9.26. The molecule has 0 heterocycles. The molecule has 1 rings (SSSR count). The van der Waals surface area contributed by atoms with E-state index in [9.17, 15) is 10.2 Å². The Balaban J connectivity index is 3.13. The van der Waals surface area contributed by atoms with Crippen LogP contribution in [0.3, 0.4) is 0 Å². The van der Waals surface area contributed by atoms with E-state index in [1.54, 1.807) is 0 Å². The molecule has 0 unspecified atom stereocenters. The van der Waals surface area contributed by atoms with E-state index in [0.29, 0.717) is 16.6 Å². The number of hydrogen-bond donors (Lipinski definition) is 2. The quantitative estimate of drug-likeness (QED) is 0.601. The fourth-order valence-electron chi connectivity index (χ4n) is 3.72. The Bertz CT molecular complexity index is 509. The average molecular weight is 333 g/mol. The summed E-state index contributed by atoms with van der Waals surface area (Å²) >= 11 is 0. The molecule has 0 radical (unpaired) electrons. The van der Waals surface area contributed by atoms with Crippen LogP contribution in [-0.4, -0.2) is 31.5 Å². The van der Waals surface area contributed by atoms with Crippen LogP contribution in [0.5, 0.6) is 0 Å². The highest BCUT2D eigenvalue weighted by Crippen LogP contribution is 2.40. The fourth-order valence-corrected chi connectivity index (χ4v) is 8.95. The zero-order valence-corrected chi connectivity index (χ0v) is 16.4. The lowest BCUT2D eigenvalue weighted by Gasteiger charge is -2.38. The minimum atomic E-state index is -1.70. The van der Waals surface area contributed by atoms with Gasteiger partial charge in [0.2, 0.25) is 0 Å². The highest BCUT2D eigenvalue weighted by Gasteiger charge is 2.41. The molecule has 0 bridgehead atoms. The number of benzene rings is 1. The standard InChI is InChI=1S/C20H32O2Si/c1-15(2)23(16(3)4,17(5)6)12-11-18-7-9-19(10-8-18)20(13-21)14-22/h7-10,15-17,20-22H,13-14H2,1-6H3. The second kappa shape index (κ2) is 8.68. The van der Waals surface area contributed by atoms with E-state index in [0.717, 1.165) is 11.1 Å². The summed E-state index contributed by atoms with van der Waals surface area (Å²) in [6, 6.07) is 7.93. The zero-order chi connectivity index (χ0) is 17.6. The normalized spacial score (nSPS) is 12.2. The van der Waals surface area contributed by atoms with Crippen LogP contribution in [-0.2, 0) is 0 Å². The molecule has 0 saturated heterocycles. The lowest BCUT2D eigenvalue weighted by molar-refractivity contribution is 0.192. The van der Waals surface area contributed by atoms with Crippen LogP contribution in [0.2, 0.25) is 16.6 Å². The highest BCUT2D eigenvalue weighted by atomic mass is 28.3. The Kier molecular flexibility index (Phi) is 7.53. The highest BCUT2D eigenvalue weighted by molar-refractivity contribution is 6.90. The fraction of sp³-hybridized carbons (Fsp3) is 0.600. The molecule has 0 saturated carbocycles. The summed E-state index contributed by atoms with van der Waals surface area (Å²) in [5.74, 6) is 3.22. The Labute approximate surface area is 143 Å². The van der Waals surface area contributed by atoms with Gasteiger partial charge >= 0.3 is 0 Å². The van der Waals surface area contributed by atoms with Gasteiger partial charge < -0.3 is 10.2 Å². The van der Waals surface area contributed by atoms with Crippen molar-refractivity contribution in [3.05, 3.63) is 35.4 Å². The van der Waals surface area contributed by atoms with Gasteiger partial charge in [0.25, 0.3) is 0 Å². The maximum Gasteiger partial charge on any atom is 0.146 e. The first-order valence-corrected chi connectivity index (χ1v) is 10.9. The molecule has 0 fully saturated rings. The van der Waals surface area contributed by atoms with E-state index in [-0.39, 0.29) is 19.1 Å². The summed E-state index contributed by atoms with van der Waals surface area (Å²) in [5.41, 5.74) is 7.57. The molecule has 0 aliphatic rings. The van der Waals surface area contributed by atoms with E-state index >= 15 is 0 Å². The zero-order valence-electron chi connectivity index (χ0n) is 15.4. The van der Waals surface area contributed by atoms with Crippen molar-refractivity contribution >= 4 is 8.07 Å². The van der Waals surface area contributed by atoms with Crippen LogP contribution in [0, 0.1) is 11.5 Å². The van der Waals surface area contributed by atoms with Crippen LogP contribution in [0.1, 0.15) is 58.6 Å². The van der Waals surface area contributed by atoms with Crippen LogP contribution in [0.25, 0.3) is 0 Å². The molecule has 3 heteroatoms. The van der Waals surface area contributed by atoms with Crippen LogP contribution >= 0.6 is 0 Å². The Morgan fingerprint density at radius 3 is 1.61 bits per heavy atom. The lowest BCUT2D eigenvalue weighted by Crippen LogP contribution is -2.43. The van der Waals surface area contributed by atoms with Crippen molar-refractivity contribution in [3.63, 3.8) is 0 Å². The molecular weight excluding hydrogens is 300 g/mol. The van der Waals surface area contributed by atoms with Gasteiger partial charge in [0, 0.05) is 11.5 Å². The Morgan fingerprint density at radius 2 is 1.26 bits per heavy atom. The third-order valence-electron chi connectivity index (χ3n) is 5.11. The maximum absolute atomic E-state index is 9.26. The van der Waals surface area contributed by atoms with Gasteiger partial charge in [0.15, 0.2) is 0 Å². The van der Waals surface area contributed by atoms with Crippen molar-refractivity contribution in [2.24, 2.45) is 0 Å². The molecule has 0 atom stereocenters. The largest absolute Gasteiger partial charge is 0.396 e. The smallest absolute Gasteiger partial charge is 0.146 e. The van der Waals surface area contributed by atoms with Gasteiger partial charge in [-0.2, -0.15) is 0 Å². The molecule has 1 aromatic rings. The predicted octanol–water partition coefficient (Wildman–Crippen LogP) is 4.32. The number of rotatable bonds is 6. The first-order valence-electron chi connectivity index (χ1n) is 8.64. The van der Waals surface area contributed by atoms with Crippen molar-refractivity contribution in [2.75, 3.05) is 13.2 Å². The van der Waals surface area contributed by atoms with E-state index < -0.39 is 8.07 Å². The van der Waals surface area contributed by atoms with Crippen molar-refractivity contribution in [2.45, 2.75) is 64.1 Å². The van der Waals surface area contributed by atoms with Gasteiger partial charge in [-0.3, -0.25) is 0 Å². The van der Waals surface area contributed by atoms with E-state index in [1.165, 1.54) is 0 Å². The van der Waals surface area contributed by atoms with E-state index in [1.807, 2.05) is 24.3 Å². The number of hydrogen-bond acceptors (Lipinski definition) is 2. The first-order chi connectivity index (χ1) is 10.8. The number of aliphatic hydroxyl groups is 2. The molecule has 2 nitrogen and oxygen atoms in total. The summed E-state index contributed by atoms with van der Waals surface area (Å²) in [4.78, 5) is 0. The van der Waals surface area contributed by atoms with Crippen LogP contribution < -0.4 is 0 Å². The molecule has 1 aromatic carbocycles. The molecule has 0 amide bonds. The molecule has 23 heavy (non-hydrogen) atoms. The van der Waals surface area contributed by atoms with Crippen molar-refractivity contribution in [3.8, 4) is 11.5 Å². The summed E-state index contributed by atoms with van der Waals surface area (Å²) < 4.78 is 0. The minimum absolute atomic E-state index is 0.0361. The molecule has 128 valence electrons. The average Bonchev–Trinajstić information content (AvgIpc) is 2.49. The van der Waals surface area contributed by atoms with Gasteiger partial charge in [-0.05, 0) is 34.3 Å². The molecule has 2 N–H and O–H groups in total. The molecule has 0 aromatic heterocycles. The topological polar surface area (TPSA) is 40.5 Å². The Hall–Kier alpha value is -1.08. The minimum Gasteiger partial charge on any atom is -0.396 e.